The molecular weight excluding hydrogens is 186 g/mol. The van der Waals surface area contributed by atoms with Crippen molar-refractivity contribution in [1.82, 2.24) is 4.57 Å². The average Bonchev–Trinajstić information content (AvgIpc) is 2.19. The number of allylic oxidation sites excluding steroid dienone is 1. The Hall–Kier alpha value is -0.0831. The first kappa shape index (κ1) is 12.0. The quantitative estimate of drug-likeness (QED) is 0.643. The molecule has 0 aromatic carbocycles. The van der Waals surface area contributed by atoms with Gasteiger partial charge >= 0.3 is 0 Å². The highest BCUT2D eigenvalue weighted by molar-refractivity contribution is 6.82. The van der Waals surface area contributed by atoms with Crippen molar-refractivity contribution >= 4 is 8.24 Å². The summed E-state index contributed by atoms with van der Waals surface area (Å²) in [7, 11) is -1.29. The van der Waals surface area contributed by atoms with Gasteiger partial charge in [-0.1, -0.05) is 31.5 Å². The Morgan fingerprint density at radius 3 is 2.29 bits per heavy atom. The molecule has 0 aliphatic carbocycles. The Bertz CT molecular complexity index is 196. The third-order valence-corrected chi connectivity index (χ3v) is 8.87. The van der Waals surface area contributed by atoms with Crippen LogP contribution in [0.1, 0.15) is 39.5 Å². The summed E-state index contributed by atoms with van der Waals surface area (Å²) in [6.45, 7) is 14.0. The van der Waals surface area contributed by atoms with Crippen molar-refractivity contribution in [2.75, 3.05) is 13.1 Å². The molecule has 0 spiro atoms. The van der Waals surface area contributed by atoms with E-state index in [4.69, 9.17) is 0 Å². The van der Waals surface area contributed by atoms with Crippen LogP contribution in [0, 0.1) is 0 Å². The van der Waals surface area contributed by atoms with E-state index in [0.717, 1.165) is 0 Å². The van der Waals surface area contributed by atoms with Crippen LogP contribution < -0.4 is 0 Å². The van der Waals surface area contributed by atoms with Crippen LogP contribution in [0.2, 0.25) is 12.6 Å². The zero-order valence-electron chi connectivity index (χ0n) is 10.1. The minimum Gasteiger partial charge on any atom is -0.320 e. The first-order valence-electron chi connectivity index (χ1n) is 6.02. The van der Waals surface area contributed by atoms with Gasteiger partial charge < -0.3 is 4.57 Å². The number of piperidine rings is 1. The molecule has 1 saturated heterocycles. The maximum Gasteiger partial charge on any atom is 0.152 e. The normalized spacial score (nSPS) is 23.1. The average molecular weight is 211 g/mol. The van der Waals surface area contributed by atoms with E-state index in [1.54, 1.807) is 0 Å². The molecule has 0 amide bonds. The van der Waals surface area contributed by atoms with E-state index < -0.39 is 8.24 Å². The third kappa shape index (κ3) is 2.48. The van der Waals surface area contributed by atoms with Gasteiger partial charge in [-0.05, 0) is 38.9 Å². The van der Waals surface area contributed by atoms with Gasteiger partial charge in [0.15, 0.2) is 8.24 Å². The van der Waals surface area contributed by atoms with Crippen molar-refractivity contribution in [2.45, 2.75) is 52.1 Å². The van der Waals surface area contributed by atoms with Crippen LogP contribution >= 0.6 is 0 Å². The molecule has 0 aromatic rings. The molecule has 0 aromatic heterocycles. The molecule has 1 unspecified atom stereocenters. The topological polar surface area (TPSA) is 3.24 Å². The van der Waals surface area contributed by atoms with Crippen LogP contribution in [0.25, 0.3) is 0 Å². The minimum absolute atomic E-state index is 1.29. The number of rotatable bonds is 4. The van der Waals surface area contributed by atoms with E-state index in [9.17, 15) is 0 Å². The Morgan fingerprint density at radius 2 is 1.86 bits per heavy atom. The van der Waals surface area contributed by atoms with Gasteiger partial charge in [0.05, 0.1) is 0 Å². The molecule has 1 rings (SSSR count). The summed E-state index contributed by atoms with van der Waals surface area (Å²) in [5.74, 6) is 0. The Balaban J connectivity index is 2.69. The third-order valence-electron chi connectivity index (χ3n) is 3.71. The van der Waals surface area contributed by atoms with Crippen LogP contribution in [0.5, 0.6) is 0 Å². The van der Waals surface area contributed by atoms with Crippen LogP contribution in [-0.2, 0) is 0 Å². The number of hydrogen-bond acceptors (Lipinski definition) is 1. The summed E-state index contributed by atoms with van der Waals surface area (Å²) in [6, 6.07) is 1.39. The zero-order valence-corrected chi connectivity index (χ0v) is 11.1. The standard InChI is InChI=1S/C12H25NSi/c1-5-11-14(4,12(2)3)13-9-7-6-8-10-13/h2,5-11H2,1,3-4H3. The summed E-state index contributed by atoms with van der Waals surface area (Å²) in [5.41, 5.74) is 0. The number of nitrogens with zero attached hydrogens (tertiary/aromatic N) is 1. The summed E-state index contributed by atoms with van der Waals surface area (Å²) in [6.07, 6.45) is 5.55. The van der Waals surface area contributed by atoms with Crippen molar-refractivity contribution in [3.8, 4) is 0 Å². The van der Waals surface area contributed by atoms with E-state index in [-0.39, 0.29) is 0 Å². The maximum atomic E-state index is 4.24. The molecule has 82 valence electrons. The van der Waals surface area contributed by atoms with Gasteiger partial charge in [0.1, 0.15) is 0 Å². The SMILES string of the molecule is C=C(C)[Si](C)(CCC)N1CCCCC1. The second-order valence-corrected chi connectivity index (χ2v) is 9.39. The molecule has 1 nitrogen and oxygen atoms in total. The van der Waals surface area contributed by atoms with E-state index in [2.05, 4.69) is 31.5 Å². The molecule has 1 aliphatic rings. The molecule has 1 atom stereocenters. The van der Waals surface area contributed by atoms with Gasteiger partial charge in [0.25, 0.3) is 0 Å². The first-order chi connectivity index (χ1) is 6.61. The van der Waals surface area contributed by atoms with E-state index >= 15 is 0 Å². The number of hydrogen-bond donors (Lipinski definition) is 0. The van der Waals surface area contributed by atoms with Crippen LogP contribution in [0.15, 0.2) is 11.8 Å². The highest BCUT2D eigenvalue weighted by atomic mass is 28.3. The predicted octanol–water partition coefficient (Wildman–Crippen LogP) is 3.57. The first-order valence-corrected chi connectivity index (χ1v) is 8.67. The summed E-state index contributed by atoms with van der Waals surface area (Å²) < 4.78 is 2.78. The van der Waals surface area contributed by atoms with Gasteiger partial charge in [-0.2, -0.15) is 0 Å². The molecule has 0 saturated carbocycles. The maximum absolute atomic E-state index is 4.24. The van der Waals surface area contributed by atoms with Crippen LogP contribution in [-0.4, -0.2) is 25.9 Å². The molecule has 1 heterocycles. The van der Waals surface area contributed by atoms with Gasteiger partial charge in [0, 0.05) is 0 Å². The Kier molecular flexibility index (Phi) is 4.39. The van der Waals surface area contributed by atoms with Crippen molar-refractivity contribution in [2.24, 2.45) is 0 Å². The van der Waals surface area contributed by atoms with Crippen molar-refractivity contribution in [1.29, 1.82) is 0 Å². The van der Waals surface area contributed by atoms with Gasteiger partial charge in [-0.3, -0.25) is 0 Å². The highest BCUT2D eigenvalue weighted by Gasteiger charge is 2.35. The lowest BCUT2D eigenvalue weighted by Gasteiger charge is -2.42. The molecule has 0 bridgehead atoms. The molecule has 1 aliphatic heterocycles. The van der Waals surface area contributed by atoms with Crippen molar-refractivity contribution in [3.05, 3.63) is 11.8 Å². The monoisotopic (exact) mass is 211 g/mol. The summed E-state index contributed by atoms with van der Waals surface area (Å²) in [4.78, 5) is 0. The fraction of sp³-hybridized carbons (Fsp3) is 0.833. The van der Waals surface area contributed by atoms with Gasteiger partial charge in [-0.25, -0.2) is 0 Å². The Morgan fingerprint density at radius 1 is 1.29 bits per heavy atom. The fourth-order valence-electron chi connectivity index (χ4n) is 2.52. The lowest BCUT2D eigenvalue weighted by molar-refractivity contribution is 0.343. The van der Waals surface area contributed by atoms with Crippen LogP contribution in [0.4, 0.5) is 0 Å². The van der Waals surface area contributed by atoms with Gasteiger partial charge in [-0.15, -0.1) is 6.58 Å². The highest BCUT2D eigenvalue weighted by Crippen LogP contribution is 2.27. The summed E-state index contributed by atoms with van der Waals surface area (Å²) in [5, 5.41) is 1.47. The van der Waals surface area contributed by atoms with E-state index in [0.29, 0.717) is 0 Å². The second kappa shape index (κ2) is 5.13. The molecule has 14 heavy (non-hydrogen) atoms. The predicted molar refractivity (Wildman–Crippen MR) is 67.0 cm³/mol. The van der Waals surface area contributed by atoms with Gasteiger partial charge in [0.2, 0.25) is 0 Å². The molecule has 1 fully saturated rings. The minimum atomic E-state index is -1.29. The fourth-order valence-corrected chi connectivity index (χ4v) is 6.08. The molecule has 0 N–H and O–H groups in total. The smallest absolute Gasteiger partial charge is 0.152 e. The van der Waals surface area contributed by atoms with E-state index in [1.807, 2.05) is 0 Å². The largest absolute Gasteiger partial charge is 0.320 e. The molecule has 2 heteroatoms. The second-order valence-electron chi connectivity index (χ2n) is 4.85. The Labute approximate surface area is 90.3 Å². The van der Waals surface area contributed by atoms with Crippen LogP contribution in [0.3, 0.4) is 0 Å². The van der Waals surface area contributed by atoms with Crippen molar-refractivity contribution in [3.63, 3.8) is 0 Å². The van der Waals surface area contributed by atoms with Crippen molar-refractivity contribution < 1.29 is 0 Å². The molecular formula is C12H25NSi. The lowest BCUT2D eigenvalue weighted by atomic mass is 10.2. The summed E-state index contributed by atoms with van der Waals surface area (Å²) >= 11 is 0. The lowest BCUT2D eigenvalue weighted by Crippen LogP contribution is -2.54. The molecule has 0 radical (unpaired) electrons. The van der Waals surface area contributed by atoms with E-state index in [1.165, 1.54) is 50.0 Å². The zero-order chi connectivity index (χ0) is 10.6.